The first-order valence-electron chi connectivity index (χ1n) is 9.68. The standard InChI is InChI=1S/C22H29N3/c1-13(2)20(16-8-6-14(3)12-16)17-9-11-19-22(24-17)21-18(25(19)5)10-7-15(4)23-21/h7,9-11,13-14,16,20H,6,8,12H2,1-5H3. The van der Waals surface area contributed by atoms with E-state index in [1.54, 1.807) is 0 Å². The van der Waals surface area contributed by atoms with E-state index in [0.717, 1.165) is 28.6 Å². The topological polar surface area (TPSA) is 30.7 Å². The van der Waals surface area contributed by atoms with E-state index >= 15 is 0 Å². The summed E-state index contributed by atoms with van der Waals surface area (Å²) in [6.45, 7) is 9.15. The molecule has 0 aromatic carbocycles. The molecule has 1 fully saturated rings. The van der Waals surface area contributed by atoms with E-state index < -0.39 is 0 Å². The minimum Gasteiger partial charge on any atom is -0.341 e. The van der Waals surface area contributed by atoms with Crippen LogP contribution in [0.2, 0.25) is 0 Å². The quantitative estimate of drug-likeness (QED) is 0.623. The van der Waals surface area contributed by atoms with Gasteiger partial charge in [0.25, 0.3) is 0 Å². The van der Waals surface area contributed by atoms with E-state index in [1.165, 1.54) is 36.0 Å². The molecular formula is C22H29N3. The van der Waals surface area contributed by atoms with Crippen molar-refractivity contribution in [2.75, 3.05) is 0 Å². The molecule has 3 atom stereocenters. The van der Waals surface area contributed by atoms with Gasteiger partial charge in [-0.2, -0.15) is 0 Å². The lowest BCUT2D eigenvalue weighted by molar-refractivity contribution is 0.334. The van der Waals surface area contributed by atoms with Crippen molar-refractivity contribution in [3.05, 3.63) is 35.7 Å². The van der Waals surface area contributed by atoms with Crippen LogP contribution in [0.25, 0.3) is 22.1 Å². The Hall–Kier alpha value is -1.90. The molecule has 0 saturated heterocycles. The van der Waals surface area contributed by atoms with Crippen molar-refractivity contribution in [1.82, 2.24) is 14.5 Å². The molecule has 0 aliphatic heterocycles. The minimum atomic E-state index is 0.550. The maximum Gasteiger partial charge on any atom is 0.115 e. The SMILES string of the molecule is Cc1ccc2c(n1)c1nc(C(C(C)C)C3CCC(C)C3)ccc1n2C. The second-order valence-corrected chi connectivity index (χ2v) is 8.43. The Morgan fingerprint density at radius 3 is 2.32 bits per heavy atom. The van der Waals surface area contributed by atoms with Gasteiger partial charge in [0.15, 0.2) is 0 Å². The van der Waals surface area contributed by atoms with Crippen LogP contribution >= 0.6 is 0 Å². The van der Waals surface area contributed by atoms with Crippen molar-refractivity contribution < 1.29 is 0 Å². The van der Waals surface area contributed by atoms with Crippen molar-refractivity contribution in [2.45, 2.75) is 52.9 Å². The minimum absolute atomic E-state index is 0.550. The summed E-state index contributed by atoms with van der Waals surface area (Å²) >= 11 is 0. The molecule has 0 bridgehead atoms. The predicted octanol–water partition coefficient (Wildman–Crippen LogP) is 5.61. The molecular weight excluding hydrogens is 306 g/mol. The highest BCUT2D eigenvalue weighted by molar-refractivity contribution is 6.03. The van der Waals surface area contributed by atoms with Crippen LogP contribution in [0.4, 0.5) is 0 Å². The van der Waals surface area contributed by atoms with Gasteiger partial charge in [0, 0.05) is 24.4 Å². The van der Waals surface area contributed by atoms with Crippen LogP contribution in [0.3, 0.4) is 0 Å². The highest BCUT2D eigenvalue weighted by Crippen LogP contribution is 2.43. The number of fused-ring (bicyclic) bond motifs is 3. The van der Waals surface area contributed by atoms with Gasteiger partial charge in [0.05, 0.1) is 11.0 Å². The number of hydrogen-bond donors (Lipinski definition) is 0. The number of aromatic nitrogens is 3. The normalized spacial score (nSPS) is 22.3. The smallest absolute Gasteiger partial charge is 0.115 e. The lowest BCUT2D eigenvalue weighted by Crippen LogP contribution is -2.17. The van der Waals surface area contributed by atoms with Crippen LogP contribution < -0.4 is 0 Å². The van der Waals surface area contributed by atoms with Crippen LogP contribution in [-0.2, 0) is 7.05 Å². The van der Waals surface area contributed by atoms with Gasteiger partial charge in [-0.3, -0.25) is 0 Å². The largest absolute Gasteiger partial charge is 0.341 e. The van der Waals surface area contributed by atoms with Gasteiger partial charge in [0.1, 0.15) is 11.0 Å². The lowest BCUT2D eigenvalue weighted by atomic mass is 9.79. The van der Waals surface area contributed by atoms with E-state index in [9.17, 15) is 0 Å². The summed E-state index contributed by atoms with van der Waals surface area (Å²) in [5, 5.41) is 0. The van der Waals surface area contributed by atoms with Crippen LogP contribution in [0.5, 0.6) is 0 Å². The van der Waals surface area contributed by atoms with Crippen molar-refractivity contribution >= 4 is 22.1 Å². The fraction of sp³-hybridized carbons (Fsp3) is 0.545. The molecule has 0 amide bonds. The van der Waals surface area contributed by atoms with Gasteiger partial charge in [-0.25, -0.2) is 9.97 Å². The number of nitrogens with zero attached hydrogens (tertiary/aromatic N) is 3. The van der Waals surface area contributed by atoms with E-state index in [1.807, 2.05) is 0 Å². The molecule has 0 radical (unpaired) electrons. The number of hydrogen-bond acceptors (Lipinski definition) is 2. The molecule has 1 aliphatic rings. The van der Waals surface area contributed by atoms with E-state index in [-0.39, 0.29) is 0 Å². The van der Waals surface area contributed by atoms with Crippen LogP contribution in [0, 0.1) is 24.7 Å². The Bertz CT molecular complexity index is 922. The molecule has 1 saturated carbocycles. The molecule has 3 heterocycles. The Morgan fingerprint density at radius 2 is 1.68 bits per heavy atom. The zero-order valence-corrected chi connectivity index (χ0v) is 16.1. The van der Waals surface area contributed by atoms with Gasteiger partial charge in [0.2, 0.25) is 0 Å². The maximum absolute atomic E-state index is 5.17. The van der Waals surface area contributed by atoms with E-state index in [0.29, 0.717) is 11.8 Å². The summed E-state index contributed by atoms with van der Waals surface area (Å²) in [6.07, 6.45) is 4.05. The summed E-state index contributed by atoms with van der Waals surface area (Å²) in [5.41, 5.74) is 6.77. The lowest BCUT2D eigenvalue weighted by Gasteiger charge is -2.27. The van der Waals surface area contributed by atoms with Gasteiger partial charge in [-0.15, -0.1) is 0 Å². The third-order valence-electron chi connectivity index (χ3n) is 6.16. The highest BCUT2D eigenvalue weighted by Gasteiger charge is 2.32. The maximum atomic E-state index is 5.17. The number of aryl methyl sites for hydroxylation is 2. The molecule has 3 heteroatoms. The summed E-state index contributed by atoms with van der Waals surface area (Å²) in [5.74, 6) is 2.79. The Balaban J connectivity index is 1.87. The highest BCUT2D eigenvalue weighted by atomic mass is 15.0. The first kappa shape index (κ1) is 16.6. The van der Waals surface area contributed by atoms with Crippen molar-refractivity contribution in [2.24, 2.45) is 24.8 Å². The Labute approximate surface area is 150 Å². The molecule has 4 rings (SSSR count). The van der Waals surface area contributed by atoms with E-state index in [4.69, 9.17) is 9.97 Å². The first-order chi connectivity index (χ1) is 12.0. The third-order valence-corrected chi connectivity index (χ3v) is 6.16. The third kappa shape index (κ3) is 2.74. The van der Waals surface area contributed by atoms with E-state index in [2.05, 4.69) is 63.6 Å². The fourth-order valence-electron chi connectivity index (χ4n) is 4.93. The molecule has 0 spiro atoms. The van der Waals surface area contributed by atoms with Crippen LogP contribution in [0.15, 0.2) is 24.3 Å². The summed E-state index contributed by atoms with van der Waals surface area (Å²) in [4.78, 5) is 9.97. The van der Waals surface area contributed by atoms with Gasteiger partial charge >= 0.3 is 0 Å². The average Bonchev–Trinajstić information content (AvgIpc) is 3.10. The number of rotatable bonds is 3. The molecule has 0 N–H and O–H groups in total. The van der Waals surface area contributed by atoms with Crippen LogP contribution in [-0.4, -0.2) is 14.5 Å². The molecule has 132 valence electrons. The Kier molecular flexibility index (Phi) is 4.05. The second-order valence-electron chi connectivity index (χ2n) is 8.43. The zero-order valence-electron chi connectivity index (χ0n) is 16.1. The molecule has 25 heavy (non-hydrogen) atoms. The van der Waals surface area contributed by atoms with Crippen molar-refractivity contribution in [3.8, 4) is 0 Å². The molecule has 3 aromatic rings. The van der Waals surface area contributed by atoms with Gasteiger partial charge in [-0.1, -0.05) is 27.2 Å². The summed E-state index contributed by atoms with van der Waals surface area (Å²) in [6, 6.07) is 8.76. The molecule has 3 aromatic heterocycles. The fourth-order valence-corrected chi connectivity index (χ4v) is 4.93. The van der Waals surface area contributed by atoms with Crippen molar-refractivity contribution in [1.29, 1.82) is 0 Å². The number of pyridine rings is 2. The molecule has 3 nitrogen and oxygen atoms in total. The Morgan fingerprint density at radius 1 is 1.00 bits per heavy atom. The predicted molar refractivity (Wildman–Crippen MR) is 105 cm³/mol. The monoisotopic (exact) mass is 335 g/mol. The molecule has 1 aliphatic carbocycles. The average molecular weight is 335 g/mol. The zero-order chi connectivity index (χ0) is 17.7. The first-order valence-corrected chi connectivity index (χ1v) is 9.68. The second kappa shape index (κ2) is 6.12. The van der Waals surface area contributed by atoms with Crippen LogP contribution in [0.1, 0.15) is 57.3 Å². The summed E-state index contributed by atoms with van der Waals surface area (Å²) < 4.78 is 2.22. The van der Waals surface area contributed by atoms with Crippen molar-refractivity contribution in [3.63, 3.8) is 0 Å². The molecule has 3 unspecified atom stereocenters. The summed E-state index contributed by atoms with van der Waals surface area (Å²) in [7, 11) is 2.11. The van der Waals surface area contributed by atoms with Gasteiger partial charge < -0.3 is 4.57 Å². The van der Waals surface area contributed by atoms with Gasteiger partial charge in [-0.05, 0) is 61.8 Å².